The first kappa shape index (κ1) is 13.1. The number of ether oxygens (including phenoxy) is 1. The molecule has 2 aromatic heterocycles. The zero-order valence-corrected chi connectivity index (χ0v) is 11.6. The van der Waals surface area contributed by atoms with E-state index in [2.05, 4.69) is 25.9 Å². The number of aromatic hydroxyl groups is 1. The van der Waals surface area contributed by atoms with Gasteiger partial charge in [-0.2, -0.15) is 0 Å². The lowest BCUT2D eigenvalue weighted by atomic mass is 10.1. The number of rotatable bonds is 4. The first-order valence-corrected chi connectivity index (χ1v) is 6.36. The molecule has 0 saturated heterocycles. The Kier molecular flexibility index (Phi) is 3.27. The number of aromatic nitrogens is 5. The SMILES string of the molecule is COc1ccc(O)c(C(C)Nc2ccc3nnnn3n2)c1. The molecular weight excluding hydrogens is 272 g/mol. The van der Waals surface area contributed by atoms with E-state index in [-0.39, 0.29) is 11.8 Å². The van der Waals surface area contributed by atoms with Gasteiger partial charge in [0.25, 0.3) is 0 Å². The van der Waals surface area contributed by atoms with Gasteiger partial charge in [-0.15, -0.1) is 14.8 Å². The Morgan fingerprint density at radius 1 is 1.29 bits per heavy atom. The fourth-order valence-electron chi connectivity index (χ4n) is 2.03. The Bertz CT molecular complexity index is 772. The van der Waals surface area contributed by atoms with Gasteiger partial charge in [-0.25, -0.2) is 0 Å². The van der Waals surface area contributed by atoms with E-state index in [0.717, 1.165) is 0 Å². The molecule has 0 aliphatic heterocycles. The highest BCUT2D eigenvalue weighted by Gasteiger charge is 2.13. The van der Waals surface area contributed by atoms with E-state index in [0.29, 0.717) is 22.8 Å². The van der Waals surface area contributed by atoms with Crippen molar-refractivity contribution in [1.82, 2.24) is 25.3 Å². The monoisotopic (exact) mass is 286 g/mol. The quantitative estimate of drug-likeness (QED) is 0.748. The first-order chi connectivity index (χ1) is 10.2. The summed E-state index contributed by atoms with van der Waals surface area (Å²) in [6, 6.07) is 8.46. The lowest BCUT2D eigenvalue weighted by Gasteiger charge is -2.16. The summed E-state index contributed by atoms with van der Waals surface area (Å²) in [5, 5.41) is 28.4. The molecule has 0 fully saturated rings. The van der Waals surface area contributed by atoms with Crippen molar-refractivity contribution in [3.8, 4) is 11.5 Å². The summed E-state index contributed by atoms with van der Waals surface area (Å²) in [6.07, 6.45) is 0. The second-order valence-corrected chi connectivity index (χ2v) is 4.54. The number of hydrogen-bond donors (Lipinski definition) is 2. The van der Waals surface area contributed by atoms with Crippen molar-refractivity contribution in [2.45, 2.75) is 13.0 Å². The van der Waals surface area contributed by atoms with Gasteiger partial charge in [0.2, 0.25) is 0 Å². The highest BCUT2D eigenvalue weighted by molar-refractivity contribution is 5.47. The van der Waals surface area contributed by atoms with Crippen LogP contribution >= 0.6 is 0 Å². The van der Waals surface area contributed by atoms with Gasteiger partial charge in [0.15, 0.2) is 5.65 Å². The molecule has 3 aromatic rings. The normalized spacial score (nSPS) is 12.3. The lowest BCUT2D eigenvalue weighted by molar-refractivity contribution is 0.410. The van der Waals surface area contributed by atoms with Crippen molar-refractivity contribution >= 4 is 11.5 Å². The Hall–Kier alpha value is -2.90. The molecule has 0 spiro atoms. The maximum Gasteiger partial charge on any atom is 0.200 e. The van der Waals surface area contributed by atoms with Crippen LogP contribution in [0.25, 0.3) is 5.65 Å². The van der Waals surface area contributed by atoms with Crippen LogP contribution in [-0.2, 0) is 0 Å². The number of anilines is 1. The van der Waals surface area contributed by atoms with E-state index < -0.39 is 0 Å². The molecule has 1 aromatic carbocycles. The van der Waals surface area contributed by atoms with Crippen molar-refractivity contribution in [3.05, 3.63) is 35.9 Å². The first-order valence-electron chi connectivity index (χ1n) is 6.36. The number of phenols is 1. The highest BCUT2D eigenvalue weighted by Crippen LogP contribution is 2.29. The van der Waals surface area contributed by atoms with Crippen LogP contribution < -0.4 is 10.1 Å². The zero-order valence-electron chi connectivity index (χ0n) is 11.6. The van der Waals surface area contributed by atoms with Gasteiger partial charge in [-0.3, -0.25) is 0 Å². The molecule has 0 bridgehead atoms. The van der Waals surface area contributed by atoms with E-state index in [1.165, 1.54) is 4.63 Å². The lowest BCUT2D eigenvalue weighted by Crippen LogP contribution is -2.10. The van der Waals surface area contributed by atoms with Gasteiger partial charge in [-0.1, -0.05) is 0 Å². The molecule has 2 N–H and O–H groups in total. The molecule has 0 aliphatic rings. The third-order valence-electron chi connectivity index (χ3n) is 3.14. The molecular formula is C13H14N6O2. The summed E-state index contributed by atoms with van der Waals surface area (Å²) in [5.41, 5.74) is 1.28. The van der Waals surface area contributed by atoms with Crippen LogP contribution in [0.2, 0.25) is 0 Å². The largest absolute Gasteiger partial charge is 0.508 e. The fraction of sp³-hybridized carbons (Fsp3) is 0.231. The average Bonchev–Trinajstić information content (AvgIpc) is 2.95. The summed E-state index contributed by atoms with van der Waals surface area (Å²) in [7, 11) is 1.58. The standard InChI is InChI=1S/C13H14N6O2/c1-8(10-7-9(21-2)3-4-11(10)20)14-12-5-6-13-15-17-18-19(13)16-12/h3-8,20H,1-2H3,(H,14,16). The molecule has 8 heteroatoms. The molecule has 0 amide bonds. The molecule has 8 nitrogen and oxygen atoms in total. The van der Waals surface area contributed by atoms with Crippen molar-refractivity contribution in [1.29, 1.82) is 0 Å². The molecule has 3 rings (SSSR count). The van der Waals surface area contributed by atoms with Crippen LogP contribution in [0, 0.1) is 0 Å². The van der Waals surface area contributed by atoms with Gasteiger partial charge >= 0.3 is 0 Å². The Morgan fingerprint density at radius 3 is 2.95 bits per heavy atom. The van der Waals surface area contributed by atoms with Crippen LogP contribution in [0.4, 0.5) is 5.82 Å². The molecule has 21 heavy (non-hydrogen) atoms. The maximum atomic E-state index is 9.96. The van der Waals surface area contributed by atoms with Gasteiger partial charge in [0.05, 0.1) is 13.2 Å². The van der Waals surface area contributed by atoms with Gasteiger partial charge < -0.3 is 15.2 Å². The summed E-state index contributed by atoms with van der Waals surface area (Å²) in [5.74, 6) is 1.48. The molecule has 1 atom stereocenters. The summed E-state index contributed by atoms with van der Waals surface area (Å²) in [4.78, 5) is 0. The molecule has 1 unspecified atom stereocenters. The zero-order chi connectivity index (χ0) is 14.8. The maximum absolute atomic E-state index is 9.96. The smallest absolute Gasteiger partial charge is 0.200 e. The van der Waals surface area contributed by atoms with Crippen LogP contribution in [-0.4, -0.2) is 37.5 Å². The van der Waals surface area contributed by atoms with Gasteiger partial charge in [-0.05, 0) is 47.7 Å². The minimum atomic E-state index is -0.165. The van der Waals surface area contributed by atoms with Gasteiger partial charge in [0.1, 0.15) is 17.3 Å². The van der Waals surface area contributed by atoms with Crippen LogP contribution in [0.5, 0.6) is 11.5 Å². The predicted octanol–water partition coefficient (Wildman–Crippen LogP) is 1.41. The molecule has 0 aliphatic carbocycles. The summed E-state index contributed by atoms with van der Waals surface area (Å²) in [6.45, 7) is 1.92. The van der Waals surface area contributed by atoms with E-state index in [1.807, 2.05) is 6.92 Å². The number of phenolic OH excluding ortho intramolecular Hbond substituents is 1. The van der Waals surface area contributed by atoms with E-state index in [4.69, 9.17) is 4.74 Å². The summed E-state index contributed by atoms with van der Waals surface area (Å²) >= 11 is 0. The number of benzene rings is 1. The molecule has 2 heterocycles. The number of nitrogens with one attached hydrogen (secondary N) is 1. The molecule has 0 radical (unpaired) electrons. The predicted molar refractivity (Wildman–Crippen MR) is 75.3 cm³/mol. The van der Waals surface area contributed by atoms with Crippen LogP contribution in [0.15, 0.2) is 30.3 Å². The number of tetrazole rings is 1. The van der Waals surface area contributed by atoms with Crippen molar-refractivity contribution < 1.29 is 9.84 Å². The second-order valence-electron chi connectivity index (χ2n) is 4.54. The fourth-order valence-corrected chi connectivity index (χ4v) is 2.03. The third-order valence-corrected chi connectivity index (χ3v) is 3.14. The number of methoxy groups -OCH3 is 1. The highest BCUT2D eigenvalue weighted by atomic mass is 16.5. The Labute approximate surface area is 120 Å². The van der Waals surface area contributed by atoms with Crippen LogP contribution in [0.1, 0.15) is 18.5 Å². The minimum Gasteiger partial charge on any atom is -0.508 e. The Morgan fingerprint density at radius 2 is 2.14 bits per heavy atom. The summed E-state index contributed by atoms with van der Waals surface area (Å²) < 4.78 is 6.51. The number of fused-ring (bicyclic) bond motifs is 1. The Balaban J connectivity index is 1.86. The number of hydrogen-bond acceptors (Lipinski definition) is 7. The van der Waals surface area contributed by atoms with Crippen LogP contribution in [0.3, 0.4) is 0 Å². The number of nitrogens with zero attached hydrogens (tertiary/aromatic N) is 5. The third kappa shape index (κ3) is 2.55. The minimum absolute atomic E-state index is 0.165. The average molecular weight is 286 g/mol. The molecule has 0 saturated carbocycles. The van der Waals surface area contributed by atoms with Crippen molar-refractivity contribution in [3.63, 3.8) is 0 Å². The van der Waals surface area contributed by atoms with E-state index in [1.54, 1.807) is 37.4 Å². The van der Waals surface area contributed by atoms with E-state index >= 15 is 0 Å². The van der Waals surface area contributed by atoms with E-state index in [9.17, 15) is 5.11 Å². The second kappa shape index (κ2) is 5.23. The molecule has 108 valence electrons. The topological polar surface area (TPSA) is 97.5 Å². The van der Waals surface area contributed by atoms with Gasteiger partial charge in [0, 0.05) is 5.56 Å². The van der Waals surface area contributed by atoms with Crippen molar-refractivity contribution in [2.75, 3.05) is 12.4 Å². The van der Waals surface area contributed by atoms with Crippen molar-refractivity contribution in [2.24, 2.45) is 0 Å².